The van der Waals surface area contributed by atoms with Crippen LogP contribution in [0.5, 0.6) is 0 Å². The van der Waals surface area contributed by atoms with Crippen molar-refractivity contribution < 1.29 is 4.74 Å². The van der Waals surface area contributed by atoms with Crippen molar-refractivity contribution >= 4 is 16.7 Å². The molecule has 0 aliphatic carbocycles. The van der Waals surface area contributed by atoms with Gasteiger partial charge in [0.2, 0.25) is 0 Å². The molecular weight excluding hydrogens is 224 g/mol. The van der Waals surface area contributed by atoms with Gasteiger partial charge in [0, 0.05) is 11.9 Å². The minimum atomic E-state index is 0.683. The zero-order valence-electron chi connectivity index (χ0n) is 10.4. The van der Waals surface area contributed by atoms with E-state index >= 15 is 0 Å². The number of ether oxygens (including phenoxy) is 1. The minimum absolute atomic E-state index is 0.683. The van der Waals surface area contributed by atoms with Crippen molar-refractivity contribution in [2.24, 2.45) is 0 Å². The fourth-order valence-electron chi connectivity index (χ4n) is 1.68. The summed E-state index contributed by atoms with van der Waals surface area (Å²) in [6, 6.07) is 12.2. The lowest BCUT2D eigenvalue weighted by atomic mass is 10.2. The summed E-state index contributed by atoms with van der Waals surface area (Å²) in [6.07, 6.45) is 2.76. The molecule has 0 radical (unpaired) electrons. The van der Waals surface area contributed by atoms with Crippen LogP contribution in [0, 0.1) is 0 Å². The third-order valence-electron chi connectivity index (χ3n) is 2.62. The van der Waals surface area contributed by atoms with E-state index in [0.29, 0.717) is 6.61 Å². The lowest BCUT2D eigenvalue weighted by Crippen LogP contribution is -2.10. The molecule has 2 rings (SSSR count). The molecule has 0 aliphatic rings. The van der Waals surface area contributed by atoms with Gasteiger partial charge in [-0.15, -0.1) is 6.58 Å². The highest BCUT2D eigenvalue weighted by molar-refractivity contribution is 5.79. The molecule has 18 heavy (non-hydrogen) atoms. The first kappa shape index (κ1) is 12.6. The largest absolute Gasteiger partial charge is 0.379 e. The summed E-state index contributed by atoms with van der Waals surface area (Å²) in [6.45, 7) is 5.83. The van der Waals surface area contributed by atoms with Crippen LogP contribution >= 0.6 is 0 Å². The third-order valence-corrected chi connectivity index (χ3v) is 2.62. The number of nitrogens with one attached hydrogen (secondary N) is 1. The van der Waals surface area contributed by atoms with Crippen LogP contribution in [0.1, 0.15) is 6.42 Å². The highest BCUT2D eigenvalue weighted by atomic mass is 16.5. The standard InChI is InChI=1S/C15H18N2O/c1-2-3-11-18-12-10-16-15-9-8-13-6-4-5-7-14(13)17-15/h2,4-9H,1,3,10-12H2,(H,16,17). The summed E-state index contributed by atoms with van der Waals surface area (Å²) in [7, 11) is 0. The minimum Gasteiger partial charge on any atom is -0.379 e. The summed E-state index contributed by atoms with van der Waals surface area (Å²) in [5.74, 6) is 0.890. The van der Waals surface area contributed by atoms with Crippen molar-refractivity contribution in [3.8, 4) is 0 Å². The first-order chi connectivity index (χ1) is 8.90. The summed E-state index contributed by atoms with van der Waals surface area (Å²) in [5, 5.41) is 4.41. The number of para-hydroxylation sites is 1. The molecule has 94 valence electrons. The number of rotatable bonds is 7. The summed E-state index contributed by atoms with van der Waals surface area (Å²) in [4.78, 5) is 4.53. The Bertz CT molecular complexity index is 511. The molecule has 0 atom stereocenters. The quantitative estimate of drug-likeness (QED) is 0.598. The van der Waals surface area contributed by atoms with Crippen LogP contribution in [0.4, 0.5) is 5.82 Å². The molecule has 0 bridgehead atoms. The van der Waals surface area contributed by atoms with E-state index in [1.165, 1.54) is 0 Å². The topological polar surface area (TPSA) is 34.1 Å². The smallest absolute Gasteiger partial charge is 0.126 e. The number of anilines is 1. The molecule has 1 aromatic heterocycles. The van der Waals surface area contributed by atoms with Gasteiger partial charge in [0.1, 0.15) is 5.82 Å². The SMILES string of the molecule is C=CCCOCCNc1ccc2ccccc2n1. The van der Waals surface area contributed by atoms with E-state index in [-0.39, 0.29) is 0 Å². The predicted octanol–water partition coefficient (Wildman–Crippen LogP) is 3.24. The summed E-state index contributed by atoms with van der Waals surface area (Å²) >= 11 is 0. The van der Waals surface area contributed by atoms with E-state index in [1.54, 1.807) is 0 Å². The van der Waals surface area contributed by atoms with Crippen LogP contribution in [0.2, 0.25) is 0 Å². The molecule has 1 N–H and O–H groups in total. The first-order valence-electron chi connectivity index (χ1n) is 6.18. The van der Waals surface area contributed by atoms with Crippen LogP contribution in [0.15, 0.2) is 49.1 Å². The van der Waals surface area contributed by atoms with Crippen LogP contribution in [-0.4, -0.2) is 24.7 Å². The van der Waals surface area contributed by atoms with Crippen molar-refractivity contribution in [1.82, 2.24) is 4.98 Å². The Hall–Kier alpha value is -1.87. The van der Waals surface area contributed by atoms with E-state index < -0.39 is 0 Å². The molecule has 1 aromatic carbocycles. The van der Waals surface area contributed by atoms with E-state index in [0.717, 1.165) is 36.3 Å². The molecule has 0 fully saturated rings. The van der Waals surface area contributed by atoms with Crippen molar-refractivity contribution in [2.75, 3.05) is 25.1 Å². The van der Waals surface area contributed by atoms with E-state index in [9.17, 15) is 0 Å². The Balaban J connectivity index is 1.82. The van der Waals surface area contributed by atoms with Gasteiger partial charge in [-0.2, -0.15) is 0 Å². The molecule has 0 amide bonds. The van der Waals surface area contributed by atoms with Gasteiger partial charge in [-0.3, -0.25) is 0 Å². The van der Waals surface area contributed by atoms with E-state index in [4.69, 9.17) is 4.74 Å². The fraction of sp³-hybridized carbons (Fsp3) is 0.267. The molecule has 0 spiro atoms. The molecule has 0 saturated heterocycles. The highest BCUT2D eigenvalue weighted by Gasteiger charge is 1.96. The molecule has 1 heterocycles. The molecule has 3 nitrogen and oxygen atoms in total. The molecule has 0 unspecified atom stereocenters. The zero-order valence-corrected chi connectivity index (χ0v) is 10.4. The average molecular weight is 242 g/mol. The van der Waals surface area contributed by atoms with E-state index in [1.807, 2.05) is 30.3 Å². The summed E-state index contributed by atoms with van der Waals surface area (Å²) in [5.41, 5.74) is 1.01. The zero-order chi connectivity index (χ0) is 12.6. The Morgan fingerprint density at radius 2 is 2.06 bits per heavy atom. The van der Waals surface area contributed by atoms with Gasteiger partial charge in [0.25, 0.3) is 0 Å². The van der Waals surface area contributed by atoms with Gasteiger partial charge in [-0.1, -0.05) is 24.3 Å². The average Bonchev–Trinajstić information content (AvgIpc) is 2.42. The maximum absolute atomic E-state index is 5.42. The lowest BCUT2D eigenvalue weighted by molar-refractivity contribution is 0.149. The second kappa shape index (κ2) is 6.77. The van der Waals surface area contributed by atoms with Crippen LogP contribution < -0.4 is 5.32 Å². The highest BCUT2D eigenvalue weighted by Crippen LogP contribution is 2.14. The van der Waals surface area contributed by atoms with Gasteiger partial charge in [0.05, 0.1) is 18.7 Å². The maximum Gasteiger partial charge on any atom is 0.126 e. The molecule has 3 heteroatoms. The summed E-state index contributed by atoms with van der Waals surface area (Å²) < 4.78 is 5.42. The first-order valence-corrected chi connectivity index (χ1v) is 6.18. The lowest BCUT2D eigenvalue weighted by Gasteiger charge is -2.07. The van der Waals surface area contributed by atoms with Gasteiger partial charge >= 0.3 is 0 Å². The second-order valence-corrected chi connectivity index (χ2v) is 4.01. The number of benzene rings is 1. The normalized spacial score (nSPS) is 10.4. The molecule has 0 aliphatic heterocycles. The van der Waals surface area contributed by atoms with Crippen molar-refractivity contribution in [2.45, 2.75) is 6.42 Å². The van der Waals surface area contributed by atoms with Crippen LogP contribution in [-0.2, 0) is 4.74 Å². The molecule has 0 saturated carbocycles. The monoisotopic (exact) mass is 242 g/mol. The Morgan fingerprint density at radius 3 is 2.94 bits per heavy atom. The van der Waals surface area contributed by atoms with Gasteiger partial charge in [-0.05, 0) is 24.6 Å². The predicted molar refractivity (Wildman–Crippen MR) is 75.9 cm³/mol. The van der Waals surface area contributed by atoms with Crippen molar-refractivity contribution in [3.05, 3.63) is 49.1 Å². The number of pyridine rings is 1. The van der Waals surface area contributed by atoms with Crippen molar-refractivity contribution in [1.29, 1.82) is 0 Å². The number of hydrogen-bond donors (Lipinski definition) is 1. The maximum atomic E-state index is 5.42. The van der Waals surface area contributed by atoms with E-state index in [2.05, 4.69) is 29.0 Å². The molecule has 2 aromatic rings. The Labute approximate surface area is 107 Å². The number of fused-ring (bicyclic) bond motifs is 1. The third kappa shape index (κ3) is 3.57. The Morgan fingerprint density at radius 1 is 1.17 bits per heavy atom. The fourth-order valence-corrected chi connectivity index (χ4v) is 1.68. The molecular formula is C15H18N2O. The van der Waals surface area contributed by atoms with Gasteiger partial charge in [-0.25, -0.2) is 4.98 Å². The number of hydrogen-bond acceptors (Lipinski definition) is 3. The van der Waals surface area contributed by atoms with Crippen LogP contribution in [0.25, 0.3) is 10.9 Å². The Kier molecular flexibility index (Phi) is 4.73. The van der Waals surface area contributed by atoms with Crippen molar-refractivity contribution in [3.63, 3.8) is 0 Å². The van der Waals surface area contributed by atoms with Gasteiger partial charge < -0.3 is 10.1 Å². The van der Waals surface area contributed by atoms with Gasteiger partial charge in [0.15, 0.2) is 0 Å². The van der Waals surface area contributed by atoms with Crippen LogP contribution in [0.3, 0.4) is 0 Å². The second-order valence-electron chi connectivity index (χ2n) is 4.01. The number of aromatic nitrogens is 1. The number of nitrogens with zero attached hydrogens (tertiary/aromatic N) is 1.